The maximum Gasteiger partial charge on any atom is 0.274 e. The molecule has 3 N–H and O–H groups in total. The van der Waals surface area contributed by atoms with Crippen LogP contribution in [-0.4, -0.2) is 20.9 Å². The molecule has 5 rings (SSSR count). The first-order chi connectivity index (χ1) is 15.7. The fourth-order valence-corrected chi connectivity index (χ4v) is 4.15. The molecule has 0 bridgehead atoms. The number of hydrogen-bond acceptors (Lipinski definition) is 6. The molecule has 5 aromatic rings. The quantitative estimate of drug-likeness (QED) is 0.406. The molecule has 0 saturated heterocycles. The van der Waals surface area contributed by atoms with Gasteiger partial charge in [-0.15, -0.1) is 11.3 Å². The van der Waals surface area contributed by atoms with Gasteiger partial charge in [0, 0.05) is 27.6 Å². The lowest BCUT2D eigenvalue weighted by Crippen LogP contribution is -2.25. The Hall–Kier alpha value is -4.10. The van der Waals surface area contributed by atoms with Gasteiger partial charge in [0.2, 0.25) is 0 Å². The largest absolute Gasteiger partial charge is 0.382 e. The van der Waals surface area contributed by atoms with Crippen LogP contribution in [0, 0.1) is 0 Å². The van der Waals surface area contributed by atoms with Crippen LogP contribution in [0.25, 0.3) is 33.4 Å². The average Bonchev–Trinajstić information content (AvgIpc) is 3.36. The molecule has 3 aromatic heterocycles. The Morgan fingerprint density at radius 3 is 2.56 bits per heavy atom. The summed E-state index contributed by atoms with van der Waals surface area (Å²) in [5, 5.41) is 5.84. The first-order valence-electron chi connectivity index (χ1n) is 10.1. The third kappa shape index (κ3) is 3.93. The van der Waals surface area contributed by atoms with E-state index in [2.05, 4.69) is 15.3 Å². The van der Waals surface area contributed by atoms with Crippen molar-refractivity contribution >= 4 is 34.0 Å². The SMILES string of the molecule is Nc1nc(-c2ccccc2)c(-c2ccc3ncccc3c2)nc1C(=O)NCc1cccs1. The van der Waals surface area contributed by atoms with E-state index in [1.807, 2.05) is 78.2 Å². The summed E-state index contributed by atoms with van der Waals surface area (Å²) in [5.74, 6) is -0.259. The fraction of sp³-hybridized carbons (Fsp3) is 0.0400. The van der Waals surface area contributed by atoms with Gasteiger partial charge in [-0.3, -0.25) is 9.78 Å². The topological polar surface area (TPSA) is 93.8 Å². The van der Waals surface area contributed by atoms with Gasteiger partial charge in [-0.1, -0.05) is 48.5 Å². The smallest absolute Gasteiger partial charge is 0.274 e. The molecule has 0 aliphatic rings. The van der Waals surface area contributed by atoms with Gasteiger partial charge in [0.25, 0.3) is 5.91 Å². The van der Waals surface area contributed by atoms with E-state index >= 15 is 0 Å². The first-order valence-corrected chi connectivity index (χ1v) is 11.0. The predicted molar refractivity (Wildman–Crippen MR) is 128 cm³/mol. The maximum atomic E-state index is 12.9. The number of nitrogens with two attached hydrogens (primary N) is 1. The Kier molecular flexibility index (Phi) is 5.31. The van der Waals surface area contributed by atoms with Crippen LogP contribution in [0.4, 0.5) is 5.82 Å². The highest BCUT2D eigenvalue weighted by Crippen LogP contribution is 2.32. The highest BCUT2D eigenvalue weighted by Gasteiger charge is 2.20. The van der Waals surface area contributed by atoms with Crippen LogP contribution in [0.2, 0.25) is 0 Å². The number of benzene rings is 2. The second kappa shape index (κ2) is 8.56. The molecule has 7 heteroatoms. The number of aromatic nitrogens is 3. The normalized spacial score (nSPS) is 10.9. The van der Waals surface area contributed by atoms with E-state index in [4.69, 9.17) is 10.7 Å². The zero-order valence-corrected chi connectivity index (χ0v) is 17.8. The van der Waals surface area contributed by atoms with Crippen molar-refractivity contribution < 1.29 is 4.79 Å². The number of anilines is 1. The monoisotopic (exact) mass is 437 g/mol. The van der Waals surface area contributed by atoms with Gasteiger partial charge in [0.15, 0.2) is 11.5 Å². The Balaban J connectivity index is 1.61. The van der Waals surface area contributed by atoms with Crippen molar-refractivity contribution in [2.24, 2.45) is 0 Å². The lowest BCUT2D eigenvalue weighted by molar-refractivity contribution is 0.0947. The fourth-order valence-electron chi connectivity index (χ4n) is 3.50. The number of nitrogens with zero attached hydrogens (tertiary/aromatic N) is 3. The molecule has 156 valence electrons. The average molecular weight is 438 g/mol. The van der Waals surface area contributed by atoms with Crippen molar-refractivity contribution in [3.05, 3.63) is 94.9 Å². The zero-order chi connectivity index (χ0) is 21.9. The number of carbonyl (C=O) groups is 1. The number of fused-ring (bicyclic) bond motifs is 1. The van der Waals surface area contributed by atoms with E-state index < -0.39 is 0 Å². The molecule has 3 heterocycles. The van der Waals surface area contributed by atoms with Crippen LogP contribution in [0.15, 0.2) is 84.4 Å². The number of nitrogens with one attached hydrogen (secondary N) is 1. The molecule has 0 aliphatic carbocycles. The van der Waals surface area contributed by atoms with Crippen molar-refractivity contribution in [1.29, 1.82) is 0 Å². The minimum absolute atomic E-state index is 0.0961. The van der Waals surface area contributed by atoms with E-state index in [0.717, 1.165) is 26.9 Å². The molecule has 2 aromatic carbocycles. The molecular weight excluding hydrogens is 418 g/mol. The van der Waals surface area contributed by atoms with Crippen LogP contribution in [0.3, 0.4) is 0 Å². The second-order valence-corrected chi connectivity index (χ2v) is 8.23. The van der Waals surface area contributed by atoms with Gasteiger partial charge in [-0.25, -0.2) is 9.97 Å². The number of pyridine rings is 1. The number of nitrogen functional groups attached to an aromatic ring is 1. The third-order valence-corrected chi connectivity index (χ3v) is 5.94. The van der Waals surface area contributed by atoms with E-state index in [0.29, 0.717) is 17.9 Å². The van der Waals surface area contributed by atoms with E-state index in [9.17, 15) is 4.79 Å². The van der Waals surface area contributed by atoms with Crippen molar-refractivity contribution in [3.8, 4) is 22.5 Å². The Labute approximate surface area is 188 Å². The van der Waals surface area contributed by atoms with Crippen LogP contribution < -0.4 is 11.1 Å². The number of carbonyl (C=O) groups excluding carboxylic acids is 1. The predicted octanol–water partition coefficient (Wildman–Crippen LogP) is 4.93. The van der Waals surface area contributed by atoms with E-state index in [-0.39, 0.29) is 17.4 Å². The lowest BCUT2D eigenvalue weighted by atomic mass is 10.0. The Morgan fingerprint density at radius 1 is 0.906 bits per heavy atom. The summed E-state index contributed by atoms with van der Waals surface area (Å²) >= 11 is 1.58. The molecule has 0 saturated carbocycles. The van der Waals surface area contributed by atoms with E-state index in [1.54, 1.807) is 17.5 Å². The Bertz CT molecular complexity index is 1400. The summed E-state index contributed by atoms with van der Waals surface area (Å²) in [6.45, 7) is 0.412. The van der Waals surface area contributed by atoms with Crippen LogP contribution in [0.1, 0.15) is 15.4 Å². The highest BCUT2D eigenvalue weighted by molar-refractivity contribution is 7.09. The van der Waals surface area contributed by atoms with Gasteiger partial charge >= 0.3 is 0 Å². The highest BCUT2D eigenvalue weighted by atomic mass is 32.1. The van der Waals surface area contributed by atoms with Gasteiger partial charge in [-0.05, 0) is 29.6 Å². The van der Waals surface area contributed by atoms with Gasteiger partial charge in [0.1, 0.15) is 0 Å². The summed E-state index contributed by atoms with van der Waals surface area (Å²) < 4.78 is 0. The summed E-state index contributed by atoms with van der Waals surface area (Å²) in [6.07, 6.45) is 1.76. The van der Waals surface area contributed by atoms with Crippen molar-refractivity contribution in [3.63, 3.8) is 0 Å². The van der Waals surface area contributed by atoms with Gasteiger partial charge < -0.3 is 11.1 Å². The zero-order valence-electron chi connectivity index (χ0n) is 17.0. The van der Waals surface area contributed by atoms with E-state index in [1.165, 1.54) is 0 Å². The summed E-state index contributed by atoms with van der Waals surface area (Å²) in [4.78, 5) is 27.7. The molecule has 0 atom stereocenters. The number of thiophene rings is 1. The minimum atomic E-state index is -0.355. The third-order valence-electron chi connectivity index (χ3n) is 5.06. The molecule has 0 spiro atoms. The first kappa shape index (κ1) is 19.8. The van der Waals surface area contributed by atoms with Crippen LogP contribution in [0.5, 0.6) is 0 Å². The van der Waals surface area contributed by atoms with Crippen LogP contribution >= 0.6 is 11.3 Å². The summed E-state index contributed by atoms with van der Waals surface area (Å²) in [5.41, 5.74) is 10.1. The summed E-state index contributed by atoms with van der Waals surface area (Å²) in [6, 6.07) is 23.4. The number of hydrogen-bond donors (Lipinski definition) is 2. The lowest BCUT2D eigenvalue weighted by Gasteiger charge is -2.13. The van der Waals surface area contributed by atoms with Gasteiger partial charge in [0.05, 0.1) is 23.4 Å². The second-order valence-electron chi connectivity index (χ2n) is 7.19. The molecule has 0 aliphatic heterocycles. The van der Waals surface area contributed by atoms with Crippen molar-refractivity contribution in [2.75, 3.05) is 5.73 Å². The summed E-state index contributed by atoms with van der Waals surface area (Å²) in [7, 11) is 0. The maximum absolute atomic E-state index is 12.9. The van der Waals surface area contributed by atoms with Gasteiger partial charge in [-0.2, -0.15) is 0 Å². The molecule has 0 unspecified atom stereocenters. The standard InChI is InChI=1S/C25H19N5OS/c26-24-23(25(31)28-15-19-9-5-13-32-19)29-22(21(30-24)16-6-2-1-3-7-16)18-10-11-20-17(14-18)8-4-12-27-20/h1-14H,15H2,(H2,26,30)(H,28,31). The number of rotatable bonds is 5. The Morgan fingerprint density at radius 2 is 1.75 bits per heavy atom. The van der Waals surface area contributed by atoms with Crippen molar-refractivity contribution in [1.82, 2.24) is 20.3 Å². The molecular formula is C25H19N5OS. The minimum Gasteiger partial charge on any atom is -0.382 e. The molecule has 6 nitrogen and oxygen atoms in total. The van der Waals surface area contributed by atoms with Crippen molar-refractivity contribution in [2.45, 2.75) is 6.54 Å². The number of amides is 1. The molecule has 32 heavy (non-hydrogen) atoms. The molecule has 0 radical (unpaired) electrons. The molecule has 1 amide bonds. The molecule has 0 fully saturated rings. The van der Waals surface area contributed by atoms with Crippen LogP contribution in [-0.2, 0) is 6.54 Å².